The van der Waals surface area contributed by atoms with Crippen LogP contribution in [0.2, 0.25) is 0 Å². The lowest BCUT2D eigenvalue weighted by Gasteiger charge is -2.47. The third kappa shape index (κ3) is 2.93. The van der Waals surface area contributed by atoms with Crippen molar-refractivity contribution in [2.75, 3.05) is 32.6 Å². The molecule has 19 heavy (non-hydrogen) atoms. The van der Waals surface area contributed by atoms with Crippen molar-refractivity contribution in [2.45, 2.75) is 49.1 Å². The van der Waals surface area contributed by atoms with E-state index in [2.05, 4.69) is 0 Å². The molecule has 5 heteroatoms. The first-order valence-corrected chi connectivity index (χ1v) is 8.25. The molecule has 3 fully saturated rings. The number of carbonyl (C=O) groups is 1. The Balaban J connectivity index is 1.39. The van der Waals surface area contributed by atoms with Crippen molar-refractivity contribution in [3.8, 4) is 0 Å². The maximum absolute atomic E-state index is 12.0. The van der Waals surface area contributed by atoms with E-state index in [0.717, 1.165) is 38.1 Å². The Morgan fingerprint density at radius 3 is 2.68 bits per heavy atom. The van der Waals surface area contributed by atoms with Crippen molar-refractivity contribution in [3.63, 3.8) is 0 Å². The van der Waals surface area contributed by atoms with Gasteiger partial charge in [-0.25, -0.2) is 0 Å². The molecule has 1 saturated carbocycles. The monoisotopic (exact) mass is 285 g/mol. The summed E-state index contributed by atoms with van der Waals surface area (Å²) < 4.78 is 11.4. The number of hydrogen-bond acceptors (Lipinski definition) is 4. The first-order valence-electron chi connectivity index (χ1n) is 7.27. The third-order valence-corrected chi connectivity index (χ3v) is 6.14. The Bertz CT molecular complexity index is 338. The zero-order chi connectivity index (χ0) is 13.3. The van der Waals surface area contributed by atoms with Crippen LogP contribution in [0.1, 0.15) is 32.1 Å². The molecule has 2 heterocycles. The first kappa shape index (κ1) is 13.7. The molecule has 2 saturated heterocycles. The average Bonchev–Trinajstić information content (AvgIpc) is 3.03. The molecule has 0 aromatic heterocycles. The van der Waals surface area contributed by atoms with Gasteiger partial charge in [0.05, 0.1) is 17.0 Å². The first-order chi connectivity index (χ1) is 9.21. The van der Waals surface area contributed by atoms with E-state index < -0.39 is 0 Å². The number of thioether (sulfide) groups is 1. The molecule has 1 spiro atoms. The zero-order valence-electron chi connectivity index (χ0n) is 11.6. The van der Waals surface area contributed by atoms with Gasteiger partial charge in [-0.2, -0.15) is 0 Å². The molecule has 0 N–H and O–H groups in total. The van der Waals surface area contributed by atoms with Crippen molar-refractivity contribution in [1.82, 2.24) is 4.90 Å². The van der Waals surface area contributed by atoms with Crippen LogP contribution < -0.4 is 0 Å². The van der Waals surface area contributed by atoms with Crippen LogP contribution in [0.15, 0.2) is 0 Å². The Morgan fingerprint density at radius 2 is 2.05 bits per heavy atom. The second kappa shape index (κ2) is 5.62. The molecule has 0 aromatic rings. The lowest BCUT2D eigenvalue weighted by Crippen LogP contribution is -2.61. The molecule has 0 bridgehead atoms. The number of amides is 1. The number of ether oxygens (including phenoxy) is 2. The molecule has 0 radical (unpaired) electrons. The molecule has 1 aliphatic carbocycles. The molecule has 108 valence electrons. The predicted octanol–water partition coefficient (Wildman–Crippen LogP) is 1.68. The Labute approximate surface area is 119 Å². The minimum absolute atomic E-state index is 0.166. The van der Waals surface area contributed by atoms with E-state index in [-0.39, 0.29) is 17.3 Å². The van der Waals surface area contributed by atoms with Gasteiger partial charge in [0.2, 0.25) is 5.91 Å². The van der Waals surface area contributed by atoms with Crippen LogP contribution in [0.25, 0.3) is 0 Å². The smallest absolute Gasteiger partial charge is 0.248 e. The van der Waals surface area contributed by atoms with E-state index in [4.69, 9.17) is 9.47 Å². The van der Waals surface area contributed by atoms with E-state index >= 15 is 0 Å². The fourth-order valence-corrected chi connectivity index (χ4v) is 4.93. The number of rotatable bonds is 4. The molecule has 2 aliphatic heterocycles. The SMILES string of the molecule is COC1CSC2(C1)CN(C(=O)COC1CCCC1)C2. The summed E-state index contributed by atoms with van der Waals surface area (Å²) in [6.07, 6.45) is 6.54. The van der Waals surface area contributed by atoms with Gasteiger partial charge in [-0.15, -0.1) is 11.8 Å². The summed E-state index contributed by atoms with van der Waals surface area (Å²) in [6, 6.07) is 0. The van der Waals surface area contributed by atoms with Gasteiger partial charge in [-0.3, -0.25) is 4.79 Å². The van der Waals surface area contributed by atoms with Crippen LogP contribution in [0.5, 0.6) is 0 Å². The normalized spacial score (nSPS) is 29.9. The van der Waals surface area contributed by atoms with Crippen LogP contribution in [0.4, 0.5) is 0 Å². The highest BCUT2D eigenvalue weighted by atomic mass is 32.2. The number of carbonyl (C=O) groups excluding carboxylic acids is 1. The highest BCUT2D eigenvalue weighted by Gasteiger charge is 2.50. The van der Waals surface area contributed by atoms with Gasteiger partial charge >= 0.3 is 0 Å². The molecule has 3 aliphatic rings. The summed E-state index contributed by atoms with van der Waals surface area (Å²) in [5, 5.41) is 0. The van der Waals surface area contributed by atoms with E-state index in [9.17, 15) is 4.79 Å². The fraction of sp³-hybridized carbons (Fsp3) is 0.929. The van der Waals surface area contributed by atoms with Crippen molar-refractivity contribution in [1.29, 1.82) is 0 Å². The minimum Gasteiger partial charge on any atom is -0.381 e. The van der Waals surface area contributed by atoms with Gasteiger partial charge in [0.25, 0.3) is 0 Å². The Hall–Kier alpha value is -0.260. The van der Waals surface area contributed by atoms with Crippen molar-refractivity contribution >= 4 is 17.7 Å². The maximum Gasteiger partial charge on any atom is 0.248 e. The van der Waals surface area contributed by atoms with Gasteiger partial charge in [-0.05, 0) is 19.3 Å². The maximum atomic E-state index is 12.0. The molecular weight excluding hydrogens is 262 g/mol. The van der Waals surface area contributed by atoms with Gasteiger partial charge in [0, 0.05) is 26.0 Å². The summed E-state index contributed by atoms with van der Waals surface area (Å²) in [5.74, 6) is 1.23. The standard InChI is InChI=1S/C14H23NO3S/c1-17-12-6-14(19-8-12)9-15(10-14)13(16)7-18-11-4-2-3-5-11/h11-12H,2-10H2,1H3. The molecule has 1 unspecified atom stereocenters. The number of likely N-dealkylation sites (tertiary alicyclic amines) is 1. The zero-order valence-corrected chi connectivity index (χ0v) is 12.4. The number of hydrogen-bond donors (Lipinski definition) is 0. The molecule has 1 atom stereocenters. The summed E-state index contributed by atoms with van der Waals surface area (Å²) in [5.41, 5.74) is 0. The second-order valence-electron chi connectivity index (χ2n) is 6.02. The van der Waals surface area contributed by atoms with Crippen LogP contribution in [-0.4, -0.2) is 60.3 Å². The van der Waals surface area contributed by atoms with Crippen LogP contribution in [0.3, 0.4) is 0 Å². The van der Waals surface area contributed by atoms with Crippen LogP contribution >= 0.6 is 11.8 Å². The van der Waals surface area contributed by atoms with Crippen molar-refractivity contribution in [3.05, 3.63) is 0 Å². The molecule has 1 amide bonds. The lowest BCUT2D eigenvalue weighted by molar-refractivity contribution is -0.143. The van der Waals surface area contributed by atoms with E-state index in [1.807, 2.05) is 16.7 Å². The highest BCUT2D eigenvalue weighted by Crippen LogP contribution is 2.45. The summed E-state index contributed by atoms with van der Waals surface area (Å²) in [6.45, 7) is 2.04. The molecule has 4 nitrogen and oxygen atoms in total. The third-order valence-electron chi connectivity index (χ3n) is 4.56. The molecule has 0 aromatic carbocycles. The predicted molar refractivity (Wildman–Crippen MR) is 75.4 cm³/mol. The van der Waals surface area contributed by atoms with E-state index in [0.29, 0.717) is 12.2 Å². The second-order valence-corrected chi connectivity index (χ2v) is 7.51. The highest BCUT2D eigenvalue weighted by molar-refractivity contribution is 8.01. The number of nitrogens with zero attached hydrogens (tertiary/aromatic N) is 1. The molecular formula is C14H23NO3S. The quantitative estimate of drug-likeness (QED) is 0.788. The summed E-state index contributed by atoms with van der Waals surface area (Å²) >= 11 is 1.97. The van der Waals surface area contributed by atoms with Gasteiger partial charge in [-0.1, -0.05) is 12.8 Å². The summed E-state index contributed by atoms with van der Waals surface area (Å²) in [4.78, 5) is 14.0. The largest absolute Gasteiger partial charge is 0.381 e. The van der Waals surface area contributed by atoms with Crippen molar-refractivity contribution in [2.24, 2.45) is 0 Å². The van der Waals surface area contributed by atoms with Gasteiger partial charge in [0.1, 0.15) is 6.61 Å². The van der Waals surface area contributed by atoms with Gasteiger partial charge in [0.15, 0.2) is 0 Å². The van der Waals surface area contributed by atoms with Crippen molar-refractivity contribution < 1.29 is 14.3 Å². The Morgan fingerprint density at radius 1 is 1.32 bits per heavy atom. The van der Waals surface area contributed by atoms with Crippen LogP contribution in [-0.2, 0) is 14.3 Å². The summed E-state index contributed by atoms with van der Waals surface area (Å²) in [7, 11) is 1.78. The minimum atomic E-state index is 0.166. The van der Waals surface area contributed by atoms with E-state index in [1.54, 1.807) is 7.11 Å². The topological polar surface area (TPSA) is 38.8 Å². The van der Waals surface area contributed by atoms with Crippen LogP contribution in [0, 0.1) is 0 Å². The Kier molecular flexibility index (Phi) is 4.06. The fourth-order valence-electron chi connectivity index (χ4n) is 3.34. The molecule has 3 rings (SSSR count). The lowest BCUT2D eigenvalue weighted by atomic mass is 9.93. The average molecular weight is 285 g/mol. The van der Waals surface area contributed by atoms with Gasteiger partial charge < -0.3 is 14.4 Å². The van der Waals surface area contributed by atoms with E-state index in [1.165, 1.54) is 12.8 Å². The number of methoxy groups -OCH3 is 1.